The normalized spacial score (nSPS) is 15.9. The number of guanidine groups is 1. The number of ether oxygens (including phenoxy) is 1. The number of nitrogens with one attached hydrogen (secondary N) is 2. The lowest BCUT2D eigenvalue weighted by Gasteiger charge is -2.11. The van der Waals surface area contributed by atoms with Gasteiger partial charge in [-0.3, -0.25) is 0 Å². The zero-order chi connectivity index (χ0) is 19.1. The van der Waals surface area contributed by atoms with Crippen LogP contribution < -0.4 is 22.1 Å². The van der Waals surface area contributed by atoms with Gasteiger partial charge in [0.25, 0.3) is 0 Å². The molecule has 0 saturated carbocycles. The lowest BCUT2D eigenvalue weighted by atomic mass is 10.1. The summed E-state index contributed by atoms with van der Waals surface area (Å²) in [7, 11) is 0. The number of rotatable bonds is 6. The van der Waals surface area contributed by atoms with Crippen molar-refractivity contribution in [2.75, 3.05) is 18.5 Å². The molecule has 1 aliphatic heterocycles. The molecule has 6 N–H and O–H groups in total. The Kier molecular flexibility index (Phi) is 6.16. The van der Waals surface area contributed by atoms with E-state index in [4.69, 9.17) is 16.2 Å². The summed E-state index contributed by atoms with van der Waals surface area (Å²) in [5.74, 6) is 0.307. The van der Waals surface area contributed by atoms with E-state index in [9.17, 15) is 4.79 Å². The molecular weight excluding hydrogens is 346 g/mol. The van der Waals surface area contributed by atoms with Crippen LogP contribution in [0.3, 0.4) is 0 Å². The number of benzene rings is 1. The monoisotopic (exact) mass is 369 g/mol. The minimum absolute atomic E-state index is 0.235. The molecule has 1 fully saturated rings. The number of nitrogens with zero attached hydrogens (tertiary/aromatic N) is 3. The highest BCUT2D eigenvalue weighted by Crippen LogP contribution is 2.20. The molecule has 2 aromatic rings. The van der Waals surface area contributed by atoms with Gasteiger partial charge in [-0.1, -0.05) is 18.2 Å². The summed E-state index contributed by atoms with van der Waals surface area (Å²) in [5.41, 5.74) is 13.1. The number of aliphatic imine (C=N–C) groups is 1. The number of carbonyl (C=O) groups excluding carboxylic acids is 1. The third-order valence-electron chi connectivity index (χ3n) is 4.10. The Hall–Kier alpha value is -3.20. The van der Waals surface area contributed by atoms with E-state index in [-0.39, 0.29) is 12.1 Å². The van der Waals surface area contributed by atoms with E-state index in [2.05, 4.69) is 25.6 Å². The Bertz CT molecular complexity index is 798. The largest absolute Gasteiger partial charge is 0.376 e. The Labute approximate surface area is 157 Å². The summed E-state index contributed by atoms with van der Waals surface area (Å²) >= 11 is 0. The van der Waals surface area contributed by atoms with Crippen LogP contribution in [0.2, 0.25) is 0 Å². The van der Waals surface area contributed by atoms with E-state index < -0.39 is 6.03 Å². The van der Waals surface area contributed by atoms with E-state index in [1.807, 2.05) is 24.3 Å². The Morgan fingerprint density at radius 3 is 2.78 bits per heavy atom. The van der Waals surface area contributed by atoms with Gasteiger partial charge in [0.15, 0.2) is 5.96 Å². The zero-order valence-electron chi connectivity index (χ0n) is 14.9. The van der Waals surface area contributed by atoms with Crippen LogP contribution in [-0.2, 0) is 11.3 Å². The molecule has 0 aliphatic carbocycles. The van der Waals surface area contributed by atoms with Gasteiger partial charge in [-0.05, 0) is 30.0 Å². The topological polar surface area (TPSA) is 141 Å². The first-order valence-electron chi connectivity index (χ1n) is 8.74. The summed E-state index contributed by atoms with van der Waals surface area (Å²) < 4.78 is 5.57. The van der Waals surface area contributed by atoms with Gasteiger partial charge >= 0.3 is 6.03 Å². The standard InChI is InChI=1S/C18H23N7O2/c19-16(20)25-18(26)24-8-12-3-1-4-13(7-12)14-9-21-17(22-10-14)23-11-15-5-2-6-27-15/h1,3-4,7,9-10,15H,2,5-6,8,11H2,(H,21,22,23)(H5,19,20,24,25,26). The maximum absolute atomic E-state index is 11.5. The first-order valence-corrected chi connectivity index (χ1v) is 8.74. The maximum atomic E-state index is 11.5. The second-order valence-electron chi connectivity index (χ2n) is 6.21. The first-order chi connectivity index (χ1) is 13.1. The van der Waals surface area contributed by atoms with Crippen LogP contribution in [0.25, 0.3) is 11.1 Å². The summed E-state index contributed by atoms with van der Waals surface area (Å²) in [6.45, 7) is 1.85. The van der Waals surface area contributed by atoms with Gasteiger partial charge < -0.3 is 26.8 Å². The van der Waals surface area contributed by atoms with Crippen molar-refractivity contribution in [1.29, 1.82) is 0 Å². The van der Waals surface area contributed by atoms with Crippen LogP contribution in [0.15, 0.2) is 41.7 Å². The second-order valence-corrected chi connectivity index (χ2v) is 6.21. The molecule has 1 aromatic heterocycles. The van der Waals surface area contributed by atoms with Gasteiger partial charge in [-0.15, -0.1) is 0 Å². The Balaban J connectivity index is 1.58. The van der Waals surface area contributed by atoms with Crippen molar-refractivity contribution in [2.24, 2.45) is 16.5 Å². The number of anilines is 1. The SMILES string of the molecule is NC(N)=NC(=O)NCc1cccc(-c2cnc(NCC3CCCO3)nc2)c1. The van der Waals surface area contributed by atoms with Crippen LogP contribution in [0, 0.1) is 0 Å². The molecule has 27 heavy (non-hydrogen) atoms. The van der Waals surface area contributed by atoms with Gasteiger partial charge in [-0.2, -0.15) is 4.99 Å². The molecule has 9 nitrogen and oxygen atoms in total. The molecule has 1 unspecified atom stereocenters. The minimum atomic E-state index is -0.578. The molecule has 0 bridgehead atoms. The van der Waals surface area contributed by atoms with Gasteiger partial charge in [0.1, 0.15) is 0 Å². The fraction of sp³-hybridized carbons (Fsp3) is 0.333. The van der Waals surface area contributed by atoms with Crippen molar-refractivity contribution in [2.45, 2.75) is 25.5 Å². The second kappa shape index (κ2) is 8.95. The van der Waals surface area contributed by atoms with Crippen LogP contribution in [-0.4, -0.2) is 41.2 Å². The quantitative estimate of drug-likeness (QED) is 0.443. The fourth-order valence-corrected chi connectivity index (χ4v) is 2.77. The predicted octanol–water partition coefficient (Wildman–Crippen LogP) is 1.22. The molecule has 0 radical (unpaired) electrons. The first kappa shape index (κ1) is 18.6. The molecule has 1 saturated heterocycles. The third-order valence-corrected chi connectivity index (χ3v) is 4.10. The van der Waals surface area contributed by atoms with E-state index in [1.165, 1.54) is 0 Å². The molecule has 3 rings (SSSR count). The predicted molar refractivity (Wildman–Crippen MR) is 103 cm³/mol. The smallest absolute Gasteiger partial charge is 0.344 e. The number of aromatic nitrogens is 2. The number of urea groups is 1. The zero-order valence-corrected chi connectivity index (χ0v) is 14.9. The maximum Gasteiger partial charge on any atom is 0.344 e. The molecule has 1 aliphatic rings. The molecule has 2 amide bonds. The van der Waals surface area contributed by atoms with Crippen LogP contribution in [0.5, 0.6) is 0 Å². The molecule has 1 atom stereocenters. The van der Waals surface area contributed by atoms with E-state index in [0.717, 1.165) is 36.1 Å². The molecule has 9 heteroatoms. The van der Waals surface area contributed by atoms with Crippen molar-refractivity contribution in [1.82, 2.24) is 15.3 Å². The lowest BCUT2D eigenvalue weighted by molar-refractivity contribution is 0.120. The highest BCUT2D eigenvalue weighted by molar-refractivity contribution is 5.90. The van der Waals surface area contributed by atoms with Crippen molar-refractivity contribution >= 4 is 17.9 Å². The van der Waals surface area contributed by atoms with E-state index in [1.54, 1.807) is 12.4 Å². The molecule has 0 spiro atoms. The van der Waals surface area contributed by atoms with Crippen molar-refractivity contribution in [3.8, 4) is 11.1 Å². The molecule has 2 heterocycles. The van der Waals surface area contributed by atoms with Crippen molar-refractivity contribution in [3.05, 3.63) is 42.2 Å². The summed E-state index contributed by atoms with van der Waals surface area (Å²) in [4.78, 5) is 23.6. The Morgan fingerprint density at radius 2 is 2.07 bits per heavy atom. The van der Waals surface area contributed by atoms with E-state index in [0.29, 0.717) is 19.0 Å². The number of hydrogen-bond donors (Lipinski definition) is 4. The van der Waals surface area contributed by atoms with Crippen LogP contribution in [0.1, 0.15) is 18.4 Å². The van der Waals surface area contributed by atoms with Gasteiger partial charge in [0.2, 0.25) is 5.95 Å². The van der Waals surface area contributed by atoms with Crippen molar-refractivity contribution in [3.63, 3.8) is 0 Å². The summed E-state index contributed by atoms with van der Waals surface area (Å²) in [6.07, 6.45) is 5.94. The van der Waals surface area contributed by atoms with Crippen molar-refractivity contribution < 1.29 is 9.53 Å². The molecular formula is C18H23N7O2. The van der Waals surface area contributed by atoms with Gasteiger partial charge in [0, 0.05) is 37.7 Å². The average Bonchev–Trinajstić information content (AvgIpc) is 3.18. The number of hydrogen-bond acceptors (Lipinski definition) is 5. The molecule has 1 aromatic carbocycles. The number of nitrogens with two attached hydrogens (primary N) is 2. The summed E-state index contributed by atoms with van der Waals surface area (Å²) in [6, 6.07) is 7.14. The van der Waals surface area contributed by atoms with E-state index >= 15 is 0 Å². The van der Waals surface area contributed by atoms with Gasteiger partial charge in [-0.25, -0.2) is 14.8 Å². The summed E-state index contributed by atoms with van der Waals surface area (Å²) in [5, 5.41) is 5.82. The van der Waals surface area contributed by atoms with Crippen LogP contribution >= 0.6 is 0 Å². The lowest BCUT2D eigenvalue weighted by Crippen LogP contribution is -2.28. The van der Waals surface area contributed by atoms with Crippen LogP contribution in [0.4, 0.5) is 10.7 Å². The minimum Gasteiger partial charge on any atom is -0.376 e. The molecule has 142 valence electrons. The van der Waals surface area contributed by atoms with Gasteiger partial charge in [0.05, 0.1) is 6.10 Å². The highest BCUT2D eigenvalue weighted by atomic mass is 16.5. The number of amides is 2. The Morgan fingerprint density at radius 1 is 1.26 bits per heavy atom. The average molecular weight is 369 g/mol. The highest BCUT2D eigenvalue weighted by Gasteiger charge is 2.15. The third kappa shape index (κ3) is 5.65. The number of carbonyl (C=O) groups is 1. The fourth-order valence-electron chi connectivity index (χ4n) is 2.77.